The topological polar surface area (TPSA) is 94.1 Å². The molecule has 0 saturated carbocycles. The normalized spacial score (nSPS) is 10.0. The minimum absolute atomic E-state index is 0.126. The van der Waals surface area contributed by atoms with Crippen LogP contribution in [0.25, 0.3) is 0 Å². The molecule has 132 valence electrons. The third-order valence-corrected chi connectivity index (χ3v) is 3.43. The van der Waals surface area contributed by atoms with Crippen LogP contribution in [0.2, 0.25) is 5.02 Å². The van der Waals surface area contributed by atoms with E-state index in [0.29, 0.717) is 17.2 Å². The van der Waals surface area contributed by atoms with Gasteiger partial charge in [-0.05, 0) is 30.3 Å². The van der Waals surface area contributed by atoms with Crippen LogP contribution in [0, 0.1) is 0 Å². The Morgan fingerprint density at radius 2 is 1.88 bits per heavy atom. The molecule has 8 heteroatoms. The molecule has 0 heterocycles. The zero-order valence-electron chi connectivity index (χ0n) is 13.5. The zero-order valence-corrected chi connectivity index (χ0v) is 14.3. The van der Waals surface area contributed by atoms with Gasteiger partial charge in [-0.3, -0.25) is 4.79 Å². The summed E-state index contributed by atoms with van der Waals surface area (Å²) in [5.74, 6) is -0.789. The van der Waals surface area contributed by atoms with Crippen molar-refractivity contribution in [2.24, 2.45) is 0 Å². The molecule has 2 rings (SSSR count). The SMILES string of the molecule is COc1ccc(OC)c(NC(=O)COC(=O)c2cc(Cl)ccc2O)c1. The summed E-state index contributed by atoms with van der Waals surface area (Å²) < 4.78 is 15.1. The van der Waals surface area contributed by atoms with Gasteiger partial charge in [0.05, 0.1) is 19.9 Å². The van der Waals surface area contributed by atoms with Gasteiger partial charge in [-0.15, -0.1) is 0 Å². The number of carbonyl (C=O) groups is 2. The maximum absolute atomic E-state index is 12.0. The van der Waals surface area contributed by atoms with E-state index >= 15 is 0 Å². The average Bonchev–Trinajstić information content (AvgIpc) is 2.61. The number of benzene rings is 2. The molecule has 2 N–H and O–H groups in total. The number of hydrogen-bond acceptors (Lipinski definition) is 6. The summed E-state index contributed by atoms with van der Waals surface area (Å²) >= 11 is 5.77. The fourth-order valence-corrected chi connectivity index (χ4v) is 2.15. The Morgan fingerprint density at radius 1 is 1.12 bits per heavy atom. The Balaban J connectivity index is 2.01. The van der Waals surface area contributed by atoms with E-state index in [-0.39, 0.29) is 16.3 Å². The van der Waals surface area contributed by atoms with Gasteiger partial charge < -0.3 is 24.6 Å². The van der Waals surface area contributed by atoms with Gasteiger partial charge in [-0.1, -0.05) is 11.6 Å². The van der Waals surface area contributed by atoms with Gasteiger partial charge in [0, 0.05) is 11.1 Å². The first-order valence-electron chi connectivity index (χ1n) is 7.12. The molecule has 0 radical (unpaired) electrons. The highest BCUT2D eigenvalue weighted by molar-refractivity contribution is 6.31. The Hall–Kier alpha value is -2.93. The van der Waals surface area contributed by atoms with Crippen molar-refractivity contribution >= 4 is 29.2 Å². The van der Waals surface area contributed by atoms with Crippen molar-refractivity contribution in [2.45, 2.75) is 0 Å². The van der Waals surface area contributed by atoms with Crippen LogP contribution < -0.4 is 14.8 Å². The Bertz CT molecular complexity index is 793. The van der Waals surface area contributed by atoms with Gasteiger partial charge >= 0.3 is 5.97 Å². The zero-order chi connectivity index (χ0) is 18.4. The van der Waals surface area contributed by atoms with E-state index < -0.39 is 18.5 Å². The van der Waals surface area contributed by atoms with Gasteiger partial charge in [-0.25, -0.2) is 4.79 Å². The predicted octanol–water partition coefficient (Wildman–Crippen LogP) is 2.86. The van der Waals surface area contributed by atoms with E-state index in [1.54, 1.807) is 18.2 Å². The van der Waals surface area contributed by atoms with E-state index in [1.807, 2.05) is 0 Å². The van der Waals surface area contributed by atoms with Crippen molar-refractivity contribution in [2.75, 3.05) is 26.1 Å². The average molecular weight is 366 g/mol. The number of halogens is 1. The van der Waals surface area contributed by atoms with E-state index in [1.165, 1.54) is 32.4 Å². The highest BCUT2D eigenvalue weighted by Gasteiger charge is 2.16. The van der Waals surface area contributed by atoms with Crippen molar-refractivity contribution in [3.05, 3.63) is 47.0 Å². The Labute approximate surface area is 149 Å². The molecule has 2 aromatic carbocycles. The molecule has 0 aliphatic rings. The molecular weight excluding hydrogens is 350 g/mol. The van der Waals surface area contributed by atoms with Gasteiger partial charge in [0.2, 0.25) is 0 Å². The first-order chi connectivity index (χ1) is 11.9. The standard InChI is InChI=1S/C17H16ClNO6/c1-23-11-4-6-15(24-2)13(8-11)19-16(21)9-25-17(22)12-7-10(18)3-5-14(12)20/h3-8,20H,9H2,1-2H3,(H,19,21). The van der Waals surface area contributed by atoms with Crippen LogP contribution in [0.3, 0.4) is 0 Å². The molecule has 1 amide bonds. The molecular formula is C17H16ClNO6. The van der Waals surface area contributed by atoms with Crippen LogP contribution in [-0.4, -0.2) is 37.8 Å². The van der Waals surface area contributed by atoms with Crippen LogP contribution in [-0.2, 0) is 9.53 Å². The molecule has 0 fully saturated rings. The summed E-state index contributed by atoms with van der Waals surface area (Å²) in [5.41, 5.74) is 0.243. The molecule has 0 spiro atoms. The highest BCUT2D eigenvalue weighted by Crippen LogP contribution is 2.29. The number of rotatable bonds is 6. The fourth-order valence-electron chi connectivity index (χ4n) is 1.98. The molecule has 0 aliphatic heterocycles. The van der Waals surface area contributed by atoms with E-state index in [2.05, 4.69) is 5.32 Å². The van der Waals surface area contributed by atoms with Gasteiger partial charge in [0.1, 0.15) is 22.8 Å². The number of methoxy groups -OCH3 is 2. The van der Waals surface area contributed by atoms with E-state index in [0.717, 1.165) is 0 Å². The number of nitrogens with one attached hydrogen (secondary N) is 1. The molecule has 0 unspecified atom stereocenters. The molecule has 0 bridgehead atoms. The van der Waals surface area contributed by atoms with Crippen LogP contribution in [0.5, 0.6) is 17.2 Å². The van der Waals surface area contributed by atoms with Crippen molar-refractivity contribution in [3.8, 4) is 17.2 Å². The summed E-state index contributed by atoms with van der Waals surface area (Å²) in [7, 11) is 2.95. The lowest BCUT2D eigenvalue weighted by Gasteiger charge is -2.12. The summed E-state index contributed by atoms with van der Waals surface area (Å²) in [5, 5.41) is 12.5. The minimum Gasteiger partial charge on any atom is -0.507 e. The maximum Gasteiger partial charge on any atom is 0.342 e. The van der Waals surface area contributed by atoms with Gasteiger partial charge in [0.15, 0.2) is 6.61 Å². The van der Waals surface area contributed by atoms with Gasteiger partial charge in [-0.2, -0.15) is 0 Å². The number of carbonyl (C=O) groups excluding carboxylic acids is 2. The number of ether oxygens (including phenoxy) is 3. The molecule has 0 atom stereocenters. The minimum atomic E-state index is -0.868. The molecule has 0 aromatic heterocycles. The predicted molar refractivity (Wildman–Crippen MR) is 91.6 cm³/mol. The third-order valence-electron chi connectivity index (χ3n) is 3.19. The number of esters is 1. The first kappa shape index (κ1) is 18.4. The van der Waals surface area contributed by atoms with Crippen molar-refractivity contribution in [1.82, 2.24) is 0 Å². The number of aromatic hydroxyl groups is 1. The quantitative estimate of drug-likeness (QED) is 0.764. The molecule has 2 aromatic rings. The largest absolute Gasteiger partial charge is 0.507 e. The van der Waals surface area contributed by atoms with Crippen molar-refractivity contribution in [3.63, 3.8) is 0 Å². The lowest BCUT2D eigenvalue weighted by Crippen LogP contribution is -2.21. The summed E-state index contributed by atoms with van der Waals surface area (Å²) in [6.45, 7) is -0.550. The van der Waals surface area contributed by atoms with Crippen LogP contribution >= 0.6 is 11.6 Å². The number of phenolic OH excluding ortho intramolecular Hbond substituents is 1. The molecule has 0 aliphatic carbocycles. The van der Waals surface area contributed by atoms with E-state index in [4.69, 9.17) is 25.8 Å². The lowest BCUT2D eigenvalue weighted by molar-refractivity contribution is -0.119. The second kappa shape index (κ2) is 8.25. The summed E-state index contributed by atoms with van der Waals surface area (Å²) in [4.78, 5) is 23.9. The lowest BCUT2D eigenvalue weighted by atomic mass is 10.2. The summed E-state index contributed by atoms with van der Waals surface area (Å²) in [6, 6.07) is 8.82. The van der Waals surface area contributed by atoms with Crippen LogP contribution in [0.1, 0.15) is 10.4 Å². The fraction of sp³-hybridized carbons (Fsp3) is 0.176. The second-order valence-corrected chi connectivity index (χ2v) is 5.29. The van der Waals surface area contributed by atoms with Gasteiger partial charge in [0.25, 0.3) is 5.91 Å². The first-order valence-corrected chi connectivity index (χ1v) is 7.50. The molecule has 0 saturated heterocycles. The smallest absolute Gasteiger partial charge is 0.342 e. The Morgan fingerprint density at radius 3 is 2.56 bits per heavy atom. The van der Waals surface area contributed by atoms with Crippen LogP contribution in [0.15, 0.2) is 36.4 Å². The van der Waals surface area contributed by atoms with Crippen molar-refractivity contribution < 1.29 is 28.9 Å². The molecule has 7 nitrogen and oxygen atoms in total. The third kappa shape index (κ3) is 4.77. The maximum atomic E-state index is 12.0. The monoisotopic (exact) mass is 365 g/mol. The number of amides is 1. The molecule has 25 heavy (non-hydrogen) atoms. The summed E-state index contributed by atoms with van der Waals surface area (Å²) in [6.07, 6.45) is 0. The Kier molecular flexibility index (Phi) is 6.08. The number of hydrogen-bond donors (Lipinski definition) is 2. The van der Waals surface area contributed by atoms with Crippen molar-refractivity contribution in [1.29, 1.82) is 0 Å². The van der Waals surface area contributed by atoms with Crippen LogP contribution in [0.4, 0.5) is 5.69 Å². The van der Waals surface area contributed by atoms with E-state index in [9.17, 15) is 14.7 Å². The second-order valence-electron chi connectivity index (χ2n) is 4.85. The number of anilines is 1. The number of phenols is 1. The highest BCUT2D eigenvalue weighted by atomic mass is 35.5.